The van der Waals surface area contributed by atoms with Crippen LogP contribution in [0.1, 0.15) is 245 Å². The number of ketones is 3. The highest BCUT2D eigenvalue weighted by Gasteiger charge is 2.69. The van der Waals surface area contributed by atoms with Crippen molar-refractivity contribution < 1.29 is 47.5 Å². The van der Waals surface area contributed by atoms with Gasteiger partial charge in [-0.15, -0.1) is 0 Å². The summed E-state index contributed by atoms with van der Waals surface area (Å²) in [5.41, 5.74) is 10.5. The molecule has 0 unspecified atom stereocenters. The van der Waals surface area contributed by atoms with Crippen molar-refractivity contribution in [2.75, 3.05) is 63.3 Å². The number of aromatic nitrogens is 16. The van der Waals surface area contributed by atoms with Gasteiger partial charge in [-0.25, -0.2) is 49.2 Å². The van der Waals surface area contributed by atoms with Crippen molar-refractivity contribution in [3.05, 3.63) is 186 Å². The second-order valence-electron chi connectivity index (χ2n) is 42.2. The maximum Gasteiger partial charge on any atom is 0.248 e. The lowest BCUT2D eigenvalue weighted by Gasteiger charge is -2.27. The van der Waals surface area contributed by atoms with Crippen LogP contribution in [0.5, 0.6) is 0 Å². The Labute approximate surface area is 878 Å². The van der Waals surface area contributed by atoms with Crippen molar-refractivity contribution >= 4 is 151 Å². The Morgan fingerprint density at radius 2 is 0.769 bits per heavy atom. The summed E-state index contributed by atoms with van der Waals surface area (Å²) in [7, 11) is 6.33. The topological polar surface area (TPSA) is 392 Å². The lowest BCUT2D eigenvalue weighted by molar-refractivity contribution is -0.138. The van der Waals surface area contributed by atoms with E-state index in [-0.39, 0.29) is 118 Å². The van der Waals surface area contributed by atoms with Crippen molar-refractivity contribution in [2.45, 2.75) is 278 Å². The van der Waals surface area contributed by atoms with Crippen LogP contribution in [-0.4, -0.2) is 245 Å². The molecule has 6 bridgehead atoms. The molecule has 6 amide bonds. The van der Waals surface area contributed by atoms with E-state index in [1.54, 1.807) is 87.7 Å². The molecule has 3 aliphatic carbocycles. The van der Waals surface area contributed by atoms with Crippen molar-refractivity contribution in [2.24, 2.45) is 16.2 Å². The van der Waals surface area contributed by atoms with E-state index in [0.29, 0.717) is 142 Å². The van der Waals surface area contributed by atoms with Gasteiger partial charge in [-0.3, -0.25) is 62.2 Å². The number of carbonyl (C=O) groups is 9. The highest BCUT2D eigenvalue weighted by molar-refractivity contribution is 9.11. The SMILES string of the molecule is CC(=O)c1nn(CC(=O)N2[C@H]3C[C@@]4(CCCCCCCN(C)Cc5ccc(Br)nc5NC3=O)C[C@@H]24)c2c(CF)cc(-c3cnc(C)nc3)cc12.CC(=O)c1nn(CC(=O)N2[C@H]3C[C@@]4(CCCCCCCN(C)Cc5ccc(Br)nc5NC3=O)C[C@@H]24)c2cnc(-c3cnc(C)nc3)cc12.CC(=O)c1nn(CC(=O)N2[C@H]3C[C@]4(C[C@@H]24)CN(C)CCCCCCCc2ccc(Br)nc2NC3=O)c2c(C)cc(-c3cnc(C)nc3)cc12. The van der Waals surface area contributed by atoms with Crippen LogP contribution < -0.4 is 16.0 Å². The van der Waals surface area contributed by atoms with Gasteiger partial charge in [-0.05, 0) is 281 Å². The monoisotopic (exact) mass is 2180 g/mol. The van der Waals surface area contributed by atoms with Gasteiger partial charge in [-0.1, -0.05) is 88.8 Å². The summed E-state index contributed by atoms with van der Waals surface area (Å²) >= 11 is 10.4. The number of pyridine rings is 4. The quantitative estimate of drug-likeness (QED) is 0.0713. The standard InChI is InChI=1S/C37H42BrFN8O3.C37H43BrN8O3.C35H40BrN9O3/c1-22(48)33-28-14-25(27-18-40-23(2)41-19-27)13-26(17-39)34(28)46(44-33)21-32(49)47-29-15-37(16-30(37)47)11-7-5-4-6-8-12-45(3)20-24-9-10-31(38)42-35(24)43-36(29)50;1-22-14-26(27-18-39-24(3)40-19-27)15-28-33(23(2)47)43-45(34(22)28)20-32(48)46-29-16-37(17-30(37)46)21-44(4)13-9-7-5-6-8-10-25-11-12-31(38)41-35(25)42-36(29)49;1-21(46)32-25-13-26(24-16-37-22(2)38-17-24)39-18-28(25)44(42-32)20-31(47)45-27-14-35(15-29(35)45)11-7-5-4-6-8-12-43(3)19-23-9-10-30(36)40-33(23)41-34(27)48/h9-10,13-14,18-19,29-30H,4-8,11-12,15-17,20-21H2,1-3H3,(H,42,43,50);11-12,14-15,18-19,29-30H,5-10,13,16-17,20-21H2,1-4H3,(H,41,42,49);9-10,13,16-18,27,29H,4-8,11-12,14-15,19-20H2,1-3H3,(H,40,41,48)/t2*29-,30+,37-;27-,29+,35-/m000/s1. The zero-order chi connectivity index (χ0) is 103. The summed E-state index contributed by atoms with van der Waals surface area (Å²) in [5, 5.41) is 24.9. The zero-order valence-electron chi connectivity index (χ0n) is 84.9. The molecule has 10 aromatic heterocycles. The first-order valence-corrected chi connectivity index (χ1v) is 53.8. The van der Waals surface area contributed by atoms with Gasteiger partial charge in [0.15, 0.2) is 17.3 Å². The van der Waals surface area contributed by atoms with Gasteiger partial charge >= 0.3 is 0 Å². The number of piperidine rings is 3. The number of hydrogen-bond acceptors (Lipinski definition) is 25. The molecule has 768 valence electrons. The molecule has 3 saturated carbocycles. The van der Waals surface area contributed by atoms with Gasteiger partial charge in [0.1, 0.15) is 110 Å². The average molecular weight is 2190 g/mol. The second kappa shape index (κ2) is 43.5. The number of likely N-dealkylation sites (tertiary alicyclic amines) is 3. The third-order valence-electron chi connectivity index (χ3n) is 31.4. The highest BCUT2D eigenvalue weighted by Crippen LogP contribution is 2.65. The van der Waals surface area contributed by atoms with E-state index in [9.17, 15) is 47.5 Å². The summed E-state index contributed by atoms with van der Waals surface area (Å²) in [6, 6.07) is 18.8. The molecule has 3 spiro atoms. The fourth-order valence-corrected chi connectivity index (χ4v) is 24.6. The molecule has 3 saturated heterocycles. The molecule has 16 heterocycles. The molecule has 147 heavy (non-hydrogen) atoms. The number of carbonyl (C=O) groups excluding carboxylic acids is 9. The summed E-state index contributed by atoms with van der Waals surface area (Å²) < 4.78 is 21.3. The van der Waals surface area contributed by atoms with Crippen LogP contribution >= 0.6 is 47.8 Å². The van der Waals surface area contributed by atoms with E-state index in [1.165, 1.54) is 51.1 Å². The molecule has 6 aliphatic heterocycles. The Kier molecular flexibility index (Phi) is 30.6. The number of amides is 6. The molecule has 2 aromatic carbocycles. The number of Topliss-reactive ketones (excluding diaryl/α,β-unsaturated/α-hetero) is 3. The Morgan fingerprint density at radius 3 is 1.24 bits per heavy atom. The second-order valence-corrected chi connectivity index (χ2v) is 44.6. The molecule has 9 atom stereocenters. The number of nitrogens with zero attached hydrogens (tertiary/aromatic N) is 22. The molecule has 21 rings (SSSR count). The van der Waals surface area contributed by atoms with E-state index >= 15 is 0 Å². The first-order chi connectivity index (χ1) is 70.7. The van der Waals surface area contributed by atoms with E-state index < -0.39 is 24.8 Å². The minimum atomic E-state index is -0.827. The molecule has 6 fully saturated rings. The summed E-state index contributed by atoms with van der Waals surface area (Å²) in [4.78, 5) is 180. The number of hydrogen-bond donors (Lipinski definition) is 3. The minimum absolute atomic E-state index is 0.00197. The normalized spacial score (nSPS) is 23.2. The predicted molar refractivity (Wildman–Crippen MR) is 566 cm³/mol. The van der Waals surface area contributed by atoms with Crippen molar-refractivity contribution in [3.63, 3.8) is 0 Å². The van der Waals surface area contributed by atoms with Crippen LogP contribution in [-0.2, 0) is 74.6 Å². The van der Waals surface area contributed by atoms with Gasteiger partial charge in [0.2, 0.25) is 35.4 Å². The Morgan fingerprint density at radius 1 is 0.395 bits per heavy atom. The maximum absolute atomic E-state index is 14.7. The van der Waals surface area contributed by atoms with Crippen LogP contribution in [0, 0.1) is 43.9 Å². The van der Waals surface area contributed by atoms with Crippen molar-refractivity contribution in [3.8, 4) is 33.5 Å². The van der Waals surface area contributed by atoms with Crippen LogP contribution in [0.2, 0.25) is 0 Å². The number of nitrogens with one attached hydrogen (secondary N) is 3. The molecular formula is C109H125Br3FN25O9. The molecular weight excluding hydrogens is 2060 g/mol. The highest BCUT2D eigenvalue weighted by atomic mass is 79.9. The Hall–Kier alpha value is -12.2. The first kappa shape index (κ1) is 103. The van der Waals surface area contributed by atoms with Crippen molar-refractivity contribution in [1.82, 2.24) is 109 Å². The maximum atomic E-state index is 14.7. The van der Waals surface area contributed by atoms with Gasteiger partial charge < -0.3 is 45.3 Å². The summed E-state index contributed by atoms with van der Waals surface area (Å²) in [5.74, 6) is 1.43. The van der Waals surface area contributed by atoms with Crippen LogP contribution in [0.25, 0.3) is 66.2 Å². The van der Waals surface area contributed by atoms with Crippen LogP contribution in [0.15, 0.2) is 124 Å². The van der Waals surface area contributed by atoms with E-state index in [1.807, 2.05) is 74.2 Å². The average Bonchev–Trinajstić information content (AvgIpc) is 1.54. The van der Waals surface area contributed by atoms with Gasteiger partial charge in [0.05, 0.1) is 28.4 Å². The molecule has 34 nitrogen and oxygen atoms in total. The molecule has 3 N–H and O–H groups in total. The van der Waals surface area contributed by atoms with Gasteiger partial charge in [-0.2, -0.15) is 15.3 Å². The first-order valence-electron chi connectivity index (χ1n) is 51.5. The molecule has 12 aromatic rings. The number of halogens is 4. The summed E-state index contributed by atoms with van der Waals surface area (Å²) in [6.45, 7) is 15.6. The third-order valence-corrected chi connectivity index (χ3v) is 32.7. The van der Waals surface area contributed by atoms with Crippen LogP contribution in [0.4, 0.5) is 21.8 Å². The number of fused-ring (bicyclic) bond motifs is 9. The number of alkyl halides is 1. The van der Waals surface area contributed by atoms with Gasteiger partial charge in [0.25, 0.3) is 0 Å². The fourth-order valence-electron chi connectivity index (χ4n) is 23.7. The summed E-state index contributed by atoms with van der Waals surface area (Å²) in [6.07, 6.45) is 36.1. The van der Waals surface area contributed by atoms with E-state index in [4.69, 9.17) is 5.10 Å². The lowest BCUT2D eigenvalue weighted by Crippen LogP contribution is -2.47. The fraction of sp³-hybridized carbons (Fsp3) is 0.486. The Bertz CT molecular complexity index is 7120. The number of aryl methyl sites for hydroxylation is 5. The smallest absolute Gasteiger partial charge is 0.248 e. The zero-order valence-corrected chi connectivity index (χ0v) is 89.7. The number of benzene rings is 2. The number of rotatable bonds is 13. The minimum Gasteiger partial charge on any atom is -0.325 e. The lowest BCUT2D eigenvalue weighted by atomic mass is 9.92. The van der Waals surface area contributed by atoms with Crippen molar-refractivity contribution in [1.29, 1.82) is 0 Å². The van der Waals surface area contributed by atoms with E-state index in [2.05, 4.69) is 160 Å². The Balaban J connectivity index is 0.000000139. The van der Waals surface area contributed by atoms with Crippen LogP contribution in [0.3, 0.4) is 0 Å². The van der Waals surface area contributed by atoms with Gasteiger partial charge in [0, 0.05) is 151 Å². The molecule has 0 radical (unpaired) electrons. The largest absolute Gasteiger partial charge is 0.325 e. The molecule has 38 heteroatoms. The third kappa shape index (κ3) is 22.3. The predicted octanol–water partition coefficient (Wildman–Crippen LogP) is 17.7. The molecule has 9 aliphatic rings. The van der Waals surface area contributed by atoms with E-state index in [0.717, 1.165) is 174 Å². The number of anilines is 3.